The standard InChI is InChI=1S/C24H17ClFNO3S/c25-20-7-3-1-6-18(20)14-27-23(28)22(31-24(27)29)13-17-5-2-4-8-21(17)30-15-16-9-11-19(26)12-10-16/h1-13H,14-15H2/b22-13-. The Bertz CT molecular complexity index is 1160. The maximum Gasteiger partial charge on any atom is 0.293 e. The summed E-state index contributed by atoms with van der Waals surface area (Å²) in [5.41, 5.74) is 2.19. The Morgan fingerprint density at radius 1 is 0.968 bits per heavy atom. The zero-order chi connectivity index (χ0) is 21.8. The Morgan fingerprint density at radius 3 is 2.45 bits per heavy atom. The minimum atomic E-state index is -0.372. The van der Waals surface area contributed by atoms with Crippen LogP contribution in [0.5, 0.6) is 5.75 Å². The molecule has 0 N–H and O–H groups in total. The Labute approximate surface area is 188 Å². The number of hydrogen-bond acceptors (Lipinski definition) is 4. The molecule has 0 radical (unpaired) electrons. The van der Waals surface area contributed by atoms with Crippen LogP contribution >= 0.6 is 23.4 Å². The highest BCUT2D eigenvalue weighted by Crippen LogP contribution is 2.35. The highest BCUT2D eigenvalue weighted by molar-refractivity contribution is 8.18. The van der Waals surface area contributed by atoms with Crippen molar-refractivity contribution in [2.75, 3.05) is 0 Å². The van der Waals surface area contributed by atoms with Crippen LogP contribution in [0.4, 0.5) is 9.18 Å². The van der Waals surface area contributed by atoms with Crippen LogP contribution in [0.15, 0.2) is 77.7 Å². The zero-order valence-corrected chi connectivity index (χ0v) is 17.8. The van der Waals surface area contributed by atoms with Gasteiger partial charge >= 0.3 is 0 Å². The van der Waals surface area contributed by atoms with Crippen molar-refractivity contribution < 1.29 is 18.7 Å². The number of rotatable bonds is 6. The first-order valence-electron chi connectivity index (χ1n) is 9.46. The maximum atomic E-state index is 13.1. The Morgan fingerprint density at radius 2 is 1.68 bits per heavy atom. The van der Waals surface area contributed by atoms with Crippen molar-refractivity contribution in [3.8, 4) is 5.75 Å². The van der Waals surface area contributed by atoms with Crippen molar-refractivity contribution in [2.45, 2.75) is 13.2 Å². The monoisotopic (exact) mass is 453 g/mol. The minimum Gasteiger partial charge on any atom is -0.488 e. The third kappa shape index (κ3) is 4.98. The molecule has 156 valence electrons. The number of carbonyl (C=O) groups is 2. The topological polar surface area (TPSA) is 46.6 Å². The van der Waals surface area contributed by atoms with Crippen molar-refractivity contribution in [1.82, 2.24) is 4.90 Å². The molecule has 3 aromatic carbocycles. The number of carbonyl (C=O) groups excluding carboxylic acids is 2. The van der Waals surface area contributed by atoms with Crippen LogP contribution in [0.25, 0.3) is 6.08 Å². The molecule has 3 aromatic rings. The normalized spacial score (nSPS) is 15.0. The van der Waals surface area contributed by atoms with Gasteiger partial charge in [-0.1, -0.05) is 60.1 Å². The largest absolute Gasteiger partial charge is 0.488 e. The molecule has 0 aromatic heterocycles. The van der Waals surface area contributed by atoms with Crippen LogP contribution in [0.2, 0.25) is 5.02 Å². The molecule has 1 fully saturated rings. The fourth-order valence-electron chi connectivity index (χ4n) is 3.05. The van der Waals surface area contributed by atoms with E-state index < -0.39 is 0 Å². The first kappa shape index (κ1) is 21.2. The van der Waals surface area contributed by atoms with E-state index in [9.17, 15) is 14.0 Å². The predicted molar refractivity (Wildman–Crippen MR) is 120 cm³/mol. The minimum absolute atomic E-state index is 0.115. The van der Waals surface area contributed by atoms with Crippen molar-refractivity contribution in [3.63, 3.8) is 0 Å². The fraction of sp³-hybridized carbons (Fsp3) is 0.0833. The van der Waals surface area contributed by atoms with Crippen molar-refractivity contribution >= 4 is 40.6 Å². The van der Waals surface area contributed by atoms with Gasteiger partial charge in [0.25, 0.3) is 11.1 Å². The number of hydrogen-bond donors (Lipinski definition) is 0. The molecule has 1 aliphatic heterocycles. The smallest absolute Gasteiger partial charge is 0.293 e. The van der Waals surface area contributed by atoms with Crippen LogP contribution in [-0.2, 0) is 17.9 Å². The summed E-state index contributed by atoms with van der Waals surface area (Å²) in [6.07, 6.45) is 1.65. The second kappa shape index (κ2) is 9.37. The van der Waals surface area contributed by atoms with Gasteiger partial charge in [0, 0.05) is 10.6 Å². The van der Waals surface area contributed by atoms with Gasteiger partial charge in [0.05, 0.1) is 11.4 Å². The summed E-state index contributed by atoms with van der Waals surface area (Å²) in [4.78, 5) is 26.8. The molecule has 7 heteroatoms. The number of nitrogens with zero attached hydrogens (tertiary/aromatic N) is 1. The molecule has 1 aliphatic rings. The Kier molecular flexibility index (Phi) is 6.39. The zero-order valence-electron chi connectivity index (χ0n) is 16.3. The molecular formula is C24H17ClFNO3S. The number of para-hydroxylation sites is 1. The Balaban J connectivity index is 1.52. The lowest BCUT2D eigenvalue weighted by Gasteiger charge is -2.13. The van der Waals surface area contributed by atoms with E-state index >= 15 is 0 Å². The second-order valence-corrected chi connectivity index (χ2v) is 8.21. The molecule has 2 amide bonds. The van der Waals surface area contributed by atoms with E-state index in [1.165, 1.54) is 17.0 Å². The van der Waals surface area contributed by atoms with E-state index in [2.05, 4.69) is 0 Å². The quantitative estimate of drug-likeness (QED) is 0.411. The fourth-order valence-corrected chi connectivity index (χ4v) is 4.07. The number of ether oxygens (including phenoxy) is 1. The number of thioether (sulfide) groups is 1. The van der Waals surface area contributed by atoms with Gasteiger partial charge in [0.2, 0.25) is 0 Å². The van der Waals surface area contributed by atoms with Crippen LogP contribution < -0.4 is 4.74 Å². The van der Waals surface area contributed by atoms with E-state index in [1.54, 1.807) is 42.5 Å². The average Bonchev–Trinajstić information content (AvgIpc) is 3.03. The molecule has 4 nitrogen and oxygen atoms in total. The number of halogens is 2. The van der Waals surface area contributed by atoms with Gasteiger partial charge in [-0.25, -0.2) is 4.39 Å². The van der Waals surface area contributed by atoms with Crippen molar-refractivity contribution in [1.29, 1.82) is 0 Å². The third-order valence-electron chi connectivity index (χ3n) is 4.67. The van der Waals surface area contributed by atoms with Gasteiger partial charge in [-0.15, -0.1) is 0 Å². The van der Waals surface area contributed by atoms with Gasteiger partial charge in [-0.2, -0.15) is 0 Å². The van der Waals surface area contributed by atoms with Gasteiger partial charge in [-0.05, 0) is 53.2 Å². The SMILES string of the molecule is O=C1S/C(=C\c2ccccc2OCc2ccc(F)cc2)C(=O)N1Cc1ccccc1Cl. The van der Waals surface area contributed by atoms with Crippen molar-refractivity contribution in [3.05, 3.63) is 105 Å². The first-order chi connectivity index (χ1) is 15.0. The number of imide groups is 1. The van der Waals surface area contributed by atoms with E-state index in [-0.39, 0.29) is 30.1 Å². The molecule has 1 heterocycles. The molecule has 0 atom stereocenters. The first-order valence-corrected chi connectivity index (χ1v) is 10.7. The molecule has 0 bridgehead atoms. The van der Waals surface area contributed by atoms with Crippen LogP contribution in [-0.4, -0.2) is 16.0 Å². The maximum absolute atomic E-state index is 13.1. The lowest BCUT2D eigenvalue weighted by atomic mass is 10.1. The summed E-state index contributed by atoms with van der Waals surface area (Å²) in [6, 6.07) is 20.4. The molecule has 0 spiro atoms. The summed E-state index contributed by atoms with van der Waals surface area (Å²) >= 11 is 7.06. The molecule has 1 saturated heterocycles. The lowest BCUT2D eigenvalue weighted by molar-refractivity contribution is -0.123. The number of amides is 2. The number of benzene rings is 3. The summed E-state index contributed by atoms with van der Waals surface area (Å²) in [6.45, 7) is 0.365. The van der Waals surface area contributed by atoms with Gasteiger partial charge in [0.15, 0.2) is 0 Å². The molecule has 0 aliphatic carbocycles. The summed E-state index contributed by atoms with van der Waals surface area (Å²) in [7, 11) is 0. The van der Waals surface area contributed by atoms with Gasteiger partial charge < -0.3 is 4.74 Å². The molecule has 4 rings (SSSR count). The van der Waals surface area contributed by atoms with Gasteiger partial charge in [-0.3, -0.25) is 14.5 Å². The summed E-state index contributed by atoms with van der Waals surface area (Å²) in [5, 5.41) is 0.158. The summed E-state index contributed by atoms with van der Waals surface area (Å²) in [5.74, 6) is -0.121. The third-order valence-corrected chi connectivity index (χ3v) is 5.95. The average molecular weight is 454 g/mol. The molecule has 0 unspecified atom stereocenters. The van der Waals surface area contributed by atoms with Gasteiger partial charge in [0.1, 0.15) is 18.2 Å². The lowest BCUT2D eigenvalue weighted by Crippen LogP contribution is -2.27. The second-order valence-electron chi connectivity index (χ2n) is 6.81. The Hall–Kier alpha value is -3.09. The van der Waals surface area contributed by atoms with E-state index in [4.69, 9.17) is 16.3 Å². The van der Waals surface area contributed by atoms with E-state index in [1.807, 2.05) is 24.3 Å². The van der Waals surface area contributed by atoms with E-state index in [0.717, 1.165) is 17.3 Å². The molecular weight excluding hydrogens is 437 g/mol. The molecule has 31 heavy (non-hydrogen) atoms. The highest BCUT2D eigenvalue weighted by Gasteiger charge is 2.35. The molecule has 0 saturated carbocycles. The van der Waals surface area contributed by atoms with Crippen LogP contribution in [0.1, 0.15) is 16.7 Å². The predicted octanol–water partition coefficient (Wildman–Crippen LogP) is 6.29. The highest BCUT2D eigenvalue weighted by atomic mass is 35.5. The van der Waals surface area contributed by atoms with Crippen molar-refractivity contribution in [2.24, 2.45) is 0 Å². The van der Waals surface area contributed by atoms with E-state index in [0.29, 0.717) is 26.8 Å². The van der Waals surface area contributed by atoms with Crippen LogP contribution in [0.3, 0.4) is 0 Å². The van der Waals surface area contributed by atoms with Crippen LogP contribution in [0, 0.1) is 5.82 Å². The summed E-state index contributed by atoms with van der Waals surface area (Å²) < 4.78 is 18.9.